The highest BCUT2D eigenvalue weighted by atomic mass is 127. The fraction of sp³-hybridized carbons (Fsp3) is 0.600. The van der Waals surface area contributed by atoms with Crippen molar-refractivity contribution in [2.24, 2.45) is 16.6 Å². The van der Waals surface area contributed by atoms with Gasteiger partial charge in [0.2, 0.25) is 5.91 Å². The first kappa shape index (κ1) is 23.7. The summed E-state index contributed by atoms with van der Waals surface area (Å²) >= 11 is 0. The second-order valence-electron chi connectivity index (χ2n) is 7.18. The zero-order valence-electron chi connectivity index (χ0n) is 16.6. The molecule has 1 aromatic rings. The molecular weight excluding hydrogens is 453 g/mol. The number of carbonyl (C=O) groups excluding carboxylic acids is 1. The van der Waals surface area contributed by atoms with Gasteiger partial charge < -0.3 is 20.9 Å². The number of benzene rings is 1. The topological polar surface area (TPSA) is 74.0 Å². The number of nitrogens with two attached hydrogens (primary N) is 1. The molecule has 6 nitrogen and oxygen atoms in total. The van der Waals surface area contributed by atoms with Gasteiger partial charge in [-0.3, -0.25) is 9.79 Å². The minimum absolute atomic E-state index is 0. The summed E-state index contributed by atoms with van der Waals surface area (Å²) in [5, 5.41) is 3.47. The van der Waals surface area contributed by atoms with E-state index in [1.54, 1.807) is 0 Å². The van der Waals surface area contributed by atoms with Crippen molar-refractivity contribution in [1.82, 2.24) is 15.1 Å². The van der Waals surface area contributed by atoms with Crippen molar-refractivity contribution >= 4 is 35.8 Å². The van der Waals surface area contributed by atoms with E-state index < -0.39 is 0 Å². The van der Waals surface area contributed by atoms with Gasteiger partial charge >= 0.3 is 0 Å². The fourth-order valence-corrected chi connectivity index (χ4v) is 3.56. The smallest absolute Gasteiger partial charge is 0.217 e. The standard InChI is InChI=1S/C20H33N5O.HI/c1-22-20(25-13-6-10-18(16-25)14-19(21)26)23-11-7-12-24(2)15-17-8-4-3-5-9-17;/h3-5,8-9,18H,6-7,10-16H2,1-2H3,(H2,21,26)(H,22,23);1H. The number of halogens is 1. The summed E-state index contributed by atoms with van der Waals surface area (Å²) in [4.78, 5) is 20.2. The van der Waals surface area contributed by atoms with Crippen LogP contribution in [0.15, 0.2) is 35.3 Å². The molecule has 1 heterocycles. The minimum Gasteiger partial charge on any atom is -0.370 e. The largest absolute Gasteiger partial charge is 0.370 e. The number of carbonyl (C=O) groups is 1. The number of guanidine groups is 1. The molecule has 1 atom stereocenters. The van der Waals surface area contributed by atoms with Crippen LogP contribution in [0.3, 0.4) is 0 Å². The molecule has 3 N–H and O–H groups in total. The first-order chi connectivity index (χ1) is 12.6. The van der Waals surface area contributed by atoms with Gasteiger partial charge in [-0.2, -0.15) is 0 Å². The SMILES string of the molecule is CN=C(NCCCN(C)Cc1ccccc1)N1CCCC(CC(N)=O)C1.I. The third-order valence-corrected chi connectivity index (χ3v) is 4.82. The number of aliphatic imine (C=N–C) groups is 1. The highest BCUT2D eigenvalue weighted by Gasteiger charge is 2.23. The van der Waals surface area contributed by atoms with Crippen LogP contribution in [0.5, 0.6) is 0 Å². The van der Waals surface area contributed by atoms with Crippen LogP contribution >= 0.6 is 24.0 Å². The molecule has 1 aliphatic rings. The van der Waals surface area contributed by atoms with Gasteiger partial charge in [-0.05, 0) is 44.3 Å². The lowest BCUT2D eigenvalue weighted by molar-refractivity contribution is -0.119. The van der Waals surface area contributed by atoms with Crippen molar-refractivity contribution in [2.45, 2.75) is 32.2 Å². The number of rotatable bonds is 8. The highest BCUT2D eigenvalue weighted by Crippen LogP contribution is 2.19. The van der Waals surface area contributed by atoms with E-state index in [4.69, 9.17) is 5.73 Å². The third kappa shape index (κ3) is 8.92. The molecule has 1 aromatic carbocycles. The fourth-order valence-electron chi connectivity index (χ4n) is 3.56. The number of nitrogens with one attached hydrogen (secondary N) is 1. The maximum atomic E-state index is 11.2. The average Bonchev–Trinajstić information content (AvgIpc) is 2.62. The van der Waals surface area contributed by atoms with Crippen molar-refractivity contribution < 1.29 is 4.79 Å². The molecule has 0 saturated carbocycles. The molecule has 1 saturated heterocycles. The van der Waals surface area contributed by atoms with Gasteiger partial charge in [-0.1, -0.05) is 30.3 Å². The molecule has 27 heavy (non-hydrogen) atoms. The van der Waals surface area contributed by atoms with E-state index in [-0.39, 0.29) is 29.9 Å². The predicted octanol–water partition coefficient (Wildman–Crippen LogP) is 2.29. The maximum absolute atomic E-state index is 11.2. The van der Waals surface area contributed by atoms with E-state index in [1.165, 1.54) is 5.56 Å². The summed E-state index contributed by atoms with van der Waals surface area (Å²) in [5.41, 5.74) is 6.69. The van der Waals surface area contributed by atoms with Crippen molar-refractivity contribution in [3.8, 4) is 0 Å². The van der Waals surface area contributed by atoms with Crippen molar-refractivity contribution in [3.05, 3.63) is 35.9 Å². The predicted molar refractivity (Wildman–Crippen MR) is 122 cm³/mol. The number of nitrogens with zero attached hydrogens (tertiary/aromatic N) is 3. The molecular formula is C20H34IN5O. The number of primary amides is 1. The van der Waals surface area contributed by atoms with Crippen LogP contribution in [0.2, 0.25) is 0 Å². The summed E-state index contributed by atoms with van der Waals surface area (Å²) in [5.74, 6) is 1.07. The Morgan fingerprint density at radius 2 is 2.11 bits per heavy atom. The third-order valence-electron chi connectivity index (χ3n) is 4.82. The molecule has 2 rings (SSSR count). The van der Waals surface area contributed by atoms with Crippen LogP contribution in [0.1, 0.15) is 31.2 Å². The molecule has 1 amide bonds. The van der Waals surface area contributed by atoms with E-state index in [2.05, 4.69) is 51.4 Å². The maximum Gasteiger partial charge on any atom is 0.217 e. The van der Waals surface area contributed by atoms with E-state index in [9.17, 15) is 4.79 Å². The zero-order chi connectivity index (χ0) is 18.8. The van der Waals surface area contributed by atoms with Crippen LogP contribution in [-0.2, 0) is 11.3 Å². The molecule has 1 aliphatic heterocycles. The van der Waals surface area contributed by atoms with Gasteiger partial charge in [0.1, 0.15) is 0 Å². The molecule has 1 unspecified atom stereocenters. The quantitative estimate of drug-likeness (QED) is 0.256. The van der Waals surface area contributed by atoms with Crippen molar-refractivity contribution in [1.29, 1.82) is 0 Å². The molecule has 0 aliphatic carbocycles. The van der Waals surface area contributed by atoms with E-state index in [1.807, 2.05) is 13.1 Å². The van der Waals surface area contributed by atoms with Crippen LogP contribution in [0.4, 0.5) is 0 Å². The van der Waals surface area contributed by atoms with Crippen molar-refractivity contribution in [3.63, 3.8) is 0 Å². The normalized spacial score (nSPS) is 17.5. The van der Waals surface area contributed by atoms with Crippen LogP contribution in [0.25, 0.3) is 0 Å². The van der Waals surface area contributed by atoms with Gasteiger partial charge in [0.25, 0.3) is 0 Å². The van der Waals surface area contributed by atoms with Gasteiger partial charge in [0, 0.05) is 39.6 Å². The van der Waals surface area contributed by atoms with Crippen molar-refractivity contribution in [2.75, 3.05) is 40.3 Å². The van der Waals surface area contributed by atoms with Gasteiger partial charge in [-0.15, -0.1) is 24.0 Å². The number of amides is 1. The lowest BCUT2D eigenvalue weighted by Crippen LogP contribution is -2.47. The molecule has 0 bridgehead atoms. The highest BCUT2D eigenvalue weighted by molar-refractivity contribution is 14.0. The second-order valence-corrected chi connectivity index (χ2v) is 7.18. The Kier molecular flexibility index (Phi) is 11.3. The Bertz CT molecular complexity index is 581. The molecule has 7 heteroatoms. The van der Waals surface area contributed by atoms with Gasteiger partial charge in [0.15, 0.2) is 5.96 Å². The average molecular weight is 487 g/mol. The van der Waals surface area contributed by atoms with Crippen LogP contribution < -0.4 is 11.1 Å². The first-order valence-electron chi connectivity index (χ1n) is 9.55. The van der Waals surface area contributed by atoms with Crippen LogP contribution in [0, 0.1) is 5.92 Å². The number of hydrogen-bond acceptors (Lipinski definition) is 3. The molecule has 0 aromatic heterocycles. The number of likely N-dealkylation sites (tertiary alicyclic amines) is 1. The summed E-state index contributed by atoms with van der Waals surface area (Å²) in [6.45, 7) is 4.74. The van der Waals surface area contributed by atoms with E-state index in [0.29, 0.717) is 12.3 Å². The molecule has 0 spiro atoms. The summed E-state index contributed by atoms with van der Waals surface area (Å²) < 4.78 is 0. The second kappa shape index (κ2) is 12.9. The summed E-state index contributed by atoms with van der Waals surface area (Å²) in [6, 6.07) is 10.5. The molecule has 0 radical (unpaired) electrons. The summed E-state index contributed by atoms with van der Waals surface area (Å²) in [6.07, 6.45) is 3.68. The Morgan fingerprint density at radius 3 is 2.78 bits per heavy atom. The van der Waals surface area contributed by atoms with E-state index >= 15 is 0 Å². The lowest BCUT2D eigenvalue weighted by Gasteiger charge is -2.34. The van der Waals surface area contributed by atoms with Crippen LogP contribution in [-0.4, -0.2) is 61.9 Å². The Labute approximate surface area is 180 Å². The lowest BCUT2D eigenvalue weighted by atomic mass is 9.95. The Morgan fingerprint density at radius 1 is 1.37 bits per heavy atom. The number of hydrogen-bond donors (Lipinski definition) is 2. The first-order valence-corrected chi connectivity index (χ1v) is 9.55. The monoisotopic (exact) mass is 487 g/mol. The Hall–Kier alpha value is -1.35. The number of piperidine rings is 1. The molecule has 1 fully saturated rings. The minimum atomic E-state index is -0.207. The zero-order valence-corrected chi connectivity index (χ0v) is 18.9. The van der Waals surface area contributed by atoms with E-state index in [0.717, 1.165) is 57.9 Å². The van der Waals surface area contributed by atoms with Gasteiger partial charge in [-0.25, -0.2) is 0 Å². The Balaban J connectivity index is 0.00000364. The summed E-state index contributed by atoms with van der Waals surface area (Å²) in [7, 11) is 3.97. The molecule has 152 valence electrons. The van der Waals surface area contributed by atoms with Gasteiger partial charge in [0.05, 0.1) is 0 Å².